The van der Waals surface area contributed by atoms with Crippen molar-refractivity contribution in [3.05, 3.63) is 53.1 Å². The zero-order chi connectivity index (χ0) is 26.9. The first-order valence-corrected chi connectivity index (χ1v) is 10.8. The van der Waals surface area contributed by atoms with Gasteiger partial charge >= 0.3 is 12.3 Å². The SMILES string of the molecule is COC(=O)c1cc(OC(F)(F)F)ccc1N1CCO[C@H]([C@@H](O)C(=O)Nc2ccc3c(c2)CN=C3N)C1=O.Cl. The molecule has 2 heterocycles. The van der Waals surface area contributed by atoms with Gasteiger partial charge in [-0.25, -0.2) is 4.79 Å². The number of rotatable bonds is 6. The lowest BCUT2D eigenvalue weighted by atomic mass is 10.1. The lowest BCUT2D eigenvalue weighted by Crippen LogP contribution is -2.55. The summed E-state index contributed by atoms with van der Waals surface area (Å²) < 4.78 is 51.7. The number of carbonyl (C=O) groups excluding carboxylic acids is 3. The maximum Gasteiger partial charge on any atom is 0.573 e. The molecule has 38 heavy (non-hydrogen) atoms. The second kappa shape index (κ2) is 11.2. The second-order valence-corrected chi connectivity index (χ2v) is 8.01. The lowest BCUT2D eigenvalue weighted by Gasteiger charge is -2.34. The molecule has 2 aliphatic heterocycles. The number of aliphatic hydroxyl groups is 1. The van der Waals surface area contributed by atoms with Gasteiger partial charge in [0.05, 0.1) is 31.5 Å². The minimum Gasteiger partial charge on any atom is -0.465 e. The number of fused-ring (bicyclic) bond motifs is 1. The molecule has 2 atom stereocenters. The molecule has 15 heteroatoms. The van der Waals surface area contributed by atoms with E-state index in [1.807, 2.05) is 0 Å². The van der Waals surface area contributed by atoms with Crippen LogP contribution in [-0.2, 0) is 25.6 Å². The highest BCUT2D eigenvalue weighted by molar-refractivity contribution is 6.07. The number of amides is 2. The summed E-state index contributed by atoms with van der Waals surface area (Å²) in [6, 6.07) is 7.61. The highest BCUT2D eigenvalue weighted by atomic mass is 35.5. The molecule has 0 spiro atoms. The largest absolute Gasteiger partial charge is 0.573 e. The van der Waals surface area contributed by atoms with Crippen molar-refractivity contribution < 1.29 is 46.9 Å². The molecule has 0 aliphatic carbocycles. The van der Waals surface area contributed by atoms with Gasteiger partial charge in [0.1, 0.15) is 11.6 Å². The highest BCUT2D eigenvalue weighted by Crippen LogP contribution is 2.31. The number of anilines is 2. The van der Waals surface area contributed by atoms with E-state index < -0.39 is 47.7 Å². The predicted octanol–water partition coefficient (Wildman–Crippen LogP) is 1.74. The Hall–Kier alpha value is -3.88. The first kappa shape index (κ1) is 28.7. The molecule has 0 radical (unpaired) electrons. The summed E-state index contributed by atoms with van der Waals surface area (Å²) in [5.74, 6) is -3.18. The van der Waals surface area contributed by atoms with Crippen LogP contribution in [-0.4, -0.2) is 67.6 Å². The average Bonchev–Trinajstić information content (AvgIpc) is 3.22. The van der Waals surface area contributed by atoms with Crippen LogP contribution >= 0.6 is 12.4 Å². The van der Waals surface area contributed by atoms with Gasteiger partial charge in [-0.1, -0.05) is 0 Å². The third-order valence-corrected chi connectivity index (χ3v) is 5.64. The molecule has 1 fully saturated rings. The summed E-state index contributed by atoms with van der Waals surface area (Å²) >= 11 is 0. The normalized spacial score (nSPS) is 17.6. The Kier molecular flexibility index (Phi) is 8.49. The van der Waals surface area contributed by atoms with E-state index in [0.29, 0.717) is 18.1 Å². The zero-order valence-corrected chi connectivity index (χ0v) is 20.5. The topological polar surface area (TPSA) is 153 Å². The fourth-order valence-electron chi connectivity index (χ4n) is 3.95. The van der Waals surface area contributed by atoms with Gasteiger partial charge in [0.15, 0.2) is 12.2 Å². The zero-order valence-electron chi connectivity index (χ0n) is 19.7. The van der Waals surface area contributed by atoms with Crippen molar-refractivity contribution in [2.45, 2.75) is 25.1 Å². The second-order valence-electron chi connectivity index (χ2n) is 8.01. The molecule has 204 valence electrons. The number of nitrogens with one attached hydrogen (secondary N) is 1. The molecule has 2 aromatic rings. The number of benzene rings is 2. The van der Waals surface area contributed by atoms with Gasteiger partial charge in [-0.15, -0.1) is 25.6 Å². The molecule has 0 unspecified atom stereocenters. The van der Waals surface area contributed by atoms with Gasteiger partial charge in [0, 0.05) is 17.8 Å². The number of alkyl halides is 3. The number of aliphatic hydroxyl groups excluding tert-OH is 1. The molecule has 11 nitrogen and oxygen atoms in total. The van der Waals surface area contributed by atoms with Crippen molar-refractivity contribution in [2.75, 3.05) is 30.5 Å². The first-order chi connectivity index (χ1) is 17.5. The van der Waals surface area contributed by atoms with Crippen molar-refractivity contribution in [3.63, 3.8) is 0 Å². The quantitative estimate of drug-likeness (QED) is 0.453. The van der Waals surface area contributed by atoms with Crippen LogP contribution in [0.1, 0.15) is 21.5 Å². The number of morpholine rings is 1. The minimum atomic E-state index is -5.01. The molecule has 0 saturated carbocycles. The fraction of sp³-hybridized carbons (Fsp3) is 0.304. The van der Waals surface area contributed by atoms with Crippen LogP contribution < -0.4 is 20.7 Å². The molecule has 2 aromatic carbocycles. The molecule has 4 rings (SSSR count). The smallest absolute Gasteiger partial charge is 0.465 e. The van der Waals surface area contributed by atoms with E-state index in [4.69, 9.17) is 10.5 Å². The van der Waals surface area contributed by atoms with E-state index in [2.05, 4.69) is 19.8 Å². The molecule has 4 N–H and O–H groups in total. The predicted molar refractivity (Wildman–Crippen MR) is 129 cm³/mol. The average molecular weight is 559 g/mol. The summed E-state index contributed by atoms with van der Waals surface area (Å²) in [7, 11) is 1.01. The summed E-state index contributed by atoms with van der Waals surface area (Å²) in [6.07, 6.45) is -8.61. The van der Waals surface area contributed by atoms with E-state index in [1.165, 1.54) is 0 Å². The van der Waals surface area contributed by atoms with Crippen LogP contribution in [0.2, 0.25) is 0 Å². The Morgan fingerprint density at radius 3 is 2.68 bits per heavy atom. The van der Waals surface area contributed by atoms with Crippen LogP contribution in [0.5, 0.6) is 5.75 Å². The monoisotopic (exact) mass is 558 g/mol. The molecular formula is C23H22ClF3N4O7. The van der Waals surface area contributed by atoms with Crippen molar-refractivity contribution >= 4 is 47.4 Å². The van der Waals surface area contributed by atoms with Crippen molar-refractivity contribution in [3.8, 4) is 5.75 Å². The number of esters is 1. The Balaban J connectivity index is 0.00000400. The van der Waals surface area contributed by atoms with Gasteiger partial charge in [0.2, 0.25) is 0 Å². The summed E-state index contributed by atoms with van der Waals surface area (Å²) in [5, 5.41) is 13.1. The number of hydrogen-bond donors (Lipinski definition) is 3. The minimum absolute atomic E-state index is 0. The van der Waals surface area contributed by atoms with Crippen molar-refractivity contribution in [1.82, 2.24) is 0 Å². The number of carbonyl (C=O) groups is 3. The van der Waals surface area contributed by atoms with E-state index in [1.54, 1.807) is 18.2 Å². The van der Waals surface area contributed by atoms with Crippen LogP contribution in [0.15, 0.2) is 41.4 Å². The van der Waals surface area contributed by atoms with Gasteiger partial charge < -0.3 is 35.3 Å². The number of hydrogen-bond acceptors (Lipinski definition) is 9. The Morgan fingerprint density at radius 1 is 1.26 bits per heavy atom. The van der Waals surface area contributed by atoms with Gasteiger partial charge in [-0.3, -0.25) is 14.6 Å². The van der Waals surface area contributed by atoms with E-state index in [0.717, 1.165) is 41.3 Å². The molecule has 0 aromatic heterocycles. The molecule has 1 saturated heterocycles. The van der Waals surface area contributed by atoms with Gasteiger partial charge in [0.25, 0.3) is 11.8 Å². The highest BCUT2D eigenvalue weighted by Gasteiger charge is 2.41. The van der Waals surface area contributed by atoms with Gasteiger partial charge in [-0.05, 0) is 42.0 Å². The number of ether oxygens (including phenoxy) is 3. The Labute approximate surface area is 219 Å². The van der Waals surface area contributed by atoms with E-state index >= 15 is 0 Å². The van der Waals surface area contributed by atoms with Crippen molar-refractivity contribution in [1.29, 1.82) is 0 Å². The third kappa shape index (κ3) is 5.98. The molecular weight excluding hydrogens is 537 g/mol. The van der Waals surface area contributed by atoms with Crippen LogP contribution in [0.3, 0.4) is 0 Å². The lowest BCUT2D eigenvalue weighted by molar-refractivity contribution is -0.274. The summed E-state index contributed by atoms with van der Waals surface area (Å²) in [4.78, 5) is 43.2. The third-order valence-electron chi connectivity index (χ3n) is 5.64. The number of nitrogens with zero attached hydrogens (tertiary/aromatic N) is 2. The van der Waals surface area contributed by atoms with Crippen LogP contribution in [0.4, 0.5) is 24.5 Å². The van der Waals surface area contributed by atoms with Crippen LogP contribution in [0, 0.1) is 0 Å². The molecule has 2 amide bonds. The number of aliphatic imine (C=N–C) groups is 1. The first-order valence-electron chi connectivity index (χ1n) is 10.8. The fourth-order valence-corrected chi connectivity index (χ4v) is 3.95. The maximum atomic E-state index is 13.2. The van der Waals surface area contributed by atoms with Gasteiger partial charge in [-0.2, -0.15) is 0 Å². The van der Waals surface area contributed by atoms with Crippen LogP contribution in [0.25, 0.3) is 0 Å². The number of nitrogens with two attached hydrogens (primary N) is 1. The number of methoxy groups -OCH3 is 1. The van der Waals surface area contributed by atoms with E-state index in [9.17, 15) is 32.7 Å². The Bertz CT molecular complexity index is 1290. The summed E-state index contributed by atoms with van der Waals surface area (Å²) in [6.45, 7) is 0.0823. The standard InChI is InChI=1S/C23H21F3N4O7.ClH/c1-35-22(34)15-9-13(37-23(24,25)26)3-5-16(15)30-6-7-36-18(21(30)33)17(31)20(32)29-12-2-4-14-11(8-12)10-28-19(14)27;/h2-5,8-9,17-18,31H,6-7,10H2,1H3,(H2,27,28)(H,29,32);1H/t17-,18-;/m1./s1. The maximum absolute atomic E-state index is 13.2. The Morgan fingerprint density at radius 2 is 2.00 bits per heavy atom. The molecule has 0 bridgehead atoms. The van der Waals surface area contributed by atoms with E-state index in [-0.39, 0.29) is 31.2 Å². The van der Waals surface area contributed by atoms with Crippen molar-refractivity contribution in [2.24, 2.45) is 10.7 Å². The number of halogens is 4. The number of amidine groups is 1. The summed E-state index contributed by atoms with van der Waals surface area (Å²) in [5.41, 5.74) is 7.11. The molecule has 2 aliphatic rings.